The second-order valence-electron chi connectivity index (χ2n) is 13.8. The Kier molecular flexibility index (Phi) is 20.4. The zero-order valence-corrected chi connectivity index (χ0v) is 29.8. The van der Waals surface area contributed by atoms with Crippen molar-refractivity contribution in [2.24, 2.45) is 0 Å². The van der Waals surface area contributed by atoms with Crippen LogP contribution in [0.15, 0.2) is 0 Å². The summed E-state index contributed by atoms with van der Waals surface area (Å²) in [4.78, 5) is 1.60. The summed E-state index contributed by atoms with van der Waals surface area (Å²) in [5, 5.41) is 38.0. The zero-order chi connectivity index (χ0) is 30.0. The van der Waals surface area contributed by atoms with Crippen LogP contribution in [-0.2, 0) is 13.9 Å². The lowest BCUT2D eigenvalue weighted by Crippen LogP contribution is -2.44. The maximum atomic E-state index is 10.2. The van der Waals surface area contributed by atoms with Crippen LogP contribution in [-0.4, -0.2) is 121 Å². The van der Waals surface area contributed by atoms with Crippen LogP contribution < -0.4 is 0 Å². The summed E-state index contributed by atoms with van der Waals surface area (Å²) in [6, 6.07) is 5.70. The molecule has 0 aromatic heterocycles. The molecule has 11 heteroatoms. The Morgan fingerprint density at radius 3 is 2.08 bits per heavy atom. The van der Waals surface area contributed by atoms with E-state index in [1.54, 1.807) is 4.90 Å². The van der Waals surface area contributed by atoms with Crippen LogP contribution in [0.4, 0.5) is 0 Å². The number of hydrogen-bond donors (Lipinski definition) is 4. The lowest BCUT2D eigenvalue weighted by atomic mass is 10.2. The predicted octanol–water partition coefficient (Wildman–Crippen LogP) is 4.52. The van der Waals surface area contributed by atoms with Crippen molar-refractivity contribution in [1.82, 2.24) is 4.90 Å². The fraction of sp³-hybridized carbons (Fsp3) is 1.00. The smallest absolute Gasteiger partial charge is 0.191 e. The van der Waals surface area contributed by atoms with Crippen molar-refractivity contribution in [2.45, 2.75) is 121 Å². The lowest BCUT2D eigenvalue weighted by Gasteiger charge is -2.37. The van der Waals surface area contributed by atoms with Gasteiger partial charge in [-0.1, -0.05) is 50.7 Å². The molecule has 4 N–H and O–H groups in total. The van der Waals surface area contributed by atoms with Gasteiger partial charge in [-0.05, 0) is 58.3 Å². The molecule has 3 unspecified atom stereocenters. The zero-order valence-electron chi connectivity index (χ0n) is 26.8. The first-order chi connectivity index (χ1) is 18.1. The van der Waals surface area contributed by atoms with Crippen molar-refractivity contribution >= 4 is 24.5 Å². The Bertz CT molecular complexity index is 612. The molecule has 0 rings (SSSR count). The Morgan fingerprint density at radius 2 is 1.51 bits per heavy atom. The van der Waals surface area contributed by atoms with Crippen molar-refractivity contribution < 1.29 is 34.3 Å². The van der Waals surface area contributed by atoms with E-state index in [2.05, 4.69) is 53.9 Å². The minimum absolute atomic E-state index is 0.0518. The first-order valence-electron chi connectivity index (χ1n) is 15.2. The average Bonchev–Trinajstić information content (AvgIpc) is 2.81. The van der Waals surface area contributed by atoms with E-state index in [0.29, 0.717) is 13.2 Å². The summed E-state index contributed by atoms with van der Waals surface area (Å²) < 4.78 is 18.6. The van der Waals surface area contributed by atoms with Gasteiger partial charge >= 0.3 is 0 Å². The number of hydrogen-bond acceptors (Lipinski definition) is 8. The van der Waals surface area contributed by atoms with E-state index < -0.39 is 30.6 Å². The molecule has 0 radical (unpaired) electrons. The van der Waals surface area contributed by atoms with Gasteiger partial charge in [0.25, 0.3) is 0 Å². The van der Waals surface area contributed by atoms with Crippen LogP contribution in [0.3, 0.4) is 0 Å². The van der Waals surface area contributed by atoms with Crippen molar-refractivity contribution in [3.8, 4) is 0 Å². The van der Waals surface area contributed by atoms with Crippen LogP contribution >= 0.6 is 0 Å². The number of aliphatic hydroxyl groups excluding tert-OH is 4. The normalized spacial score (nSPS) is 16.8. The number of rotatable bonds is 25. The van der Waals surface area contributed by atoms with E-state index in [1.165, 1.54) is 11.7 Å². The second kappa shape index (κ2) is 20.3. The molecule has 0 spiro atoms. The standard InChI is InChI=1S/C28H65NO7Si3/c1-9-18-39(8,22-16-35-28(2,3)4)36-17-21-38(7,26-37(5,6)19-10-13-30)20-11-15-34-24-27(33)23-29(25-32)12-14-31/h27,30-33H,9-26H2,1-8H3. The molecular formula is C28H65NO7Si3. The molecular weight excluding hydrogens is 547 g/mol. The molecule has 236 valence electrons. The van der Waals surface area contributed by atoms with E-state index in [4.69, 9.17) is 19.0 Å². The van der Waals surface area contributed by atoms with Crippen LogP contribution in [0, 0.1) is 0 Å². The number of ether oxygens (including phenoxy) is 2. The topological polar surface area (TPSA) is 112 Å². The lowest BCUT2D eigenvalue weighted by molar-refractivity contribution is -0.00564. The molecule has 39 heavy (non-hydrogen) atoms. The SMILES string of the molecule is CCC[Si](C)(CCOC(C)(C)C)OCC[Si](C)(CCCOCC(O)CN(CO)CCO)C[Si](C)(C)CCCO. The molecule has 0 bridgehead atoms. The van der Waals surface area contributed by atoms with E-state index in [0.717, 1.165) is 56.7 Å². The second-order valence-corrected chi connectivity index (χ2v) is 28.8. The highest BCUT2D eigenvalue weighted by Crippen LogP contribution is 2.32. The molecule has 0 aromatic rings. The highest BCUT2D eigenvalue weighted by Gasteiger charge is 2.36. The number of nitrogens with zero attached hydrogens (tertiary/aromatic N) is 1. The molecule has 0 saturated carbocycles. The summed E-state index contributed by atoms with van der Waals surface area (Å²) >= 11 is 0. The average molecular weight is 612 g/mol. The van der Waals surface area contributed by atoms with Gasteiger partial charge in [0.1, 0.15) is 0 Å². The Labute approximate surface area is 243 Å². The minimum atomic E-state index is -1.82. The summed E-state index contributed by atoms with van der Waals surface area (Å²) in [7, 11) is -4.85. The first-order valence-corrected chi connectivity index (χ1v) is 24.6. The molecule has 0 heterocycles. The first kappa shape index (κ1) is 39.3. The highest BCUT2D eigenvalue weighted by molar-refractivity contribution is 6.95. The third-order valence-electron chi connectivity index (χ3n) is 7.48. The van der Waals surface area contributed by atoms with Crippen LogP contribution in [0.2, 0.25) is 62.1 Å². The predicted molar refractivity (Wildman–Crippen MR) is 170 cm³/mol. The minimum Gasteiger partial charge on any atom is -0.417 e. The summed E-state index contributed by atoms with van der Waals surface area (Å²) in [6.45, 7) is 21.5. The van der Waals surface area contributed by atoms with E-state index >= 15 is 0 Å². The quantitative estimate of drug-likeness (QED) is 0.0677. The number of aliphatic hydroxyl groups is 4. The van der Waals surface area contributed by atoms with Crippen molar-refractivity contribution in [3.63, 3.8) is 0 Å². The van der Waals surface area contributed by atoms with E-state index in [9.17, 15) is 15.3 Å². The molecule has 8 nitrogen and oxygen atoms in total. The largest absolute Gasteiger partial charge is 0.417 e. The van der Waals surface area contributed by atoms with Crippen LogP contribution in [0.5, 0.6) is 0 Å². The van der Waals surface area contributed by atoms with Crippen molar-refractivity contribution in [3.05, 3.63) is 0 Å². The third kappa shape index (κ3) is 20.8. The highest BCUT2D eigenvalue weighted by atomic mass is 28.4. The molecule has 0 aliphatic heterocycles. The van der Waals surface area contributed by atoms with Gasteiger partial charge in [0.15, 0.2) is 8.32 Å². The molecule has 0 fully saturated rings. The third-order valence-corrected chi connectivity index (χ3v) is 23.1. The summed E-state index contributed by atoms with van der Waals surface area (Å²) in [6.07, 6.45) is 2.34. The van der Waals surface area contributed by atoms with Gasteiger partial charge in [-0.3, -0.25) is 4.90 Å². The van der Waals surface area contributed by atoms with Crippen molar-refractivity contribution in [1.29, 1.82) is 0 Å². The molecule has 0 aliphatic rings. The van der Waals surface area contributed by atoms with E-state index in [-0.39, 0.29) is 38.7 Å². The molecule has 0 aromatic carbocycles. The van der Waals surface area contributed by atoms with Gasteiger partial charge in [0, 0.05) is 47.6 Å². The van der Waals surface area contributed by atoms with Gasteiger partial charge in [0.05, 0.1) is 39.7 Å². The Balaban J connectivity index is 5.01. The summed E-state index contributed by atoms with van der Waals surface area (Å²) in [5.74, 6) is 0. The monoisotopic (exact) mass is 611 g/mol. The maximum absolute atomic E-state index is 10.2. The van der Waals surface area contributed by atoms with Crippen LogP contribution in [0.1, 0.15) is 47.0 Å². The Morgan fingerprint density at radius 1 is 0.821 bits per heavy atom. The molecule has 0 saturated heterocycles. The summed E-state index contributed by atoms with van der Waals surface area (Å²) in [5.41, 5.74) is 1.21. The van der Waals surface area contributed by atoms with Crippen molar-refractivity contribution in [2.75, 3.05) is 59.5 Å². The van der Waals surface area contributed by atoms with Crippen LogP contribution in [0.25, 0.3) is 0 Å². The fourth-order valence-electron chi connectivity index (χ4n) is 5.55. The van der Waals surface area contributed by atoms with E-state index in [1.807, 2.05) is 0 Å². The van der Waals surface area contributed by atoms with Gasteiger partial charge in [0.2, 0.25) is 0 Å². The molecule has 0 aliphatic carbocycles. The van der Waals surface area contributed by atoms with Gasteiger partial charge in [-0.2, -0.15) is 0 Å². The Hall–Kier alpha value is 0.331. The van der Waals surface area contributed by atoms with Gasteiger partial charge in [-0.25, -0.2) is 0 Å². The fourth-order valence-corrected chi connectivity index (χ4v) is 22.8. The molecule has 0 amide bonds. The maximum Gasteiger partial charge on any atom is 0.191 e. The van der Waals surface area contributed by atoms with Gasteiger partial charge in [-0.15, -0.1) is 0 Å². The molecule has 3 atom stereocenters. The van der Waals surface area contributed by atoms with Gasteiger partial charge < -0.3 is 34.3 Å².